The molecule has 154 valence electrons. The fraction of sp³-hybridized carbons (Fsp3) is 0. The monoisotopic (exact) mass is 426 g/mol. The van der Waals surface area contributed by atoms with E-state index in [1.165, 1.54) is 12.1 Å². The van der Waals surface area contributed by atoms with Crippen molar-refractivity contribution < 1.29 is 22.6 Å². The van der Waals surface area contributed by atoms with Crippen molar-refractivity contribution in [2.24, 2.45) is 0 Å². The molecular formula is C20H18N4O5S. The number of benzene rings is 3. The predicted octanol–water partition coefficient (Wildman–Crippen LogP) is 4.22. The molecule has 5 N–H and O–H groups in total. The number of amides is 4. The molecule has 0 saturated heterocycles. The van der Waals surface area contributed by atoms with Gasteiger partial charge in [0.2, 0.25) is 0 Å². The fourth-order valence-corrected chi connectivity index (χ4v) is 3.21. The highest BCUT2D eigenvalue weighted by Gasteiger charge is 2.19. The van der Waals surface area contributed by atoms with Crippen molar-refractivity contribution in [2.45, 2.75) is 4.90 Å². The summed E-state index contributed by atoms with van der Waals surface area (Å²) >= 11 is 0. The van der Waals surface area contributed by atoms with Crippen LogP contribution in [0.1, 0.15) is 0 Å². The van der Waals surface area contributed by atoms with Crippen LogP contribution in [0.3, 0.4) is 0 Å². The molecule has 3 aromatic rings. The summed E-state index contributed by atoms with van der Waals surface area (Å²) in [6, 6.07) is 19.5. The molecule has 3 rings (SSSR count). The fourth-order valence-electron chi connectivity index (χ4n) is 2.54. The standard InChI is InChI=1S/C20H18N4O5S/c25-19(21-14-7-3-1-4-8-14)23-16-11-12-17(18(13-16)30(27,28)29)24-20(26)22-15-9-5-2-6-10-15/h1-13H,(H2,21,23,25)(H2,22,24,26)(H,27,28,29). The third-order valence-corrected chi connectivity index (χ3v) is 4.72. The summed E-state index contributed by atoms with van der Waals surface area (Å²) in [6.45, 7) is 0. The van der Waals surface area contributed by atoms with Crippen molar-refractivity contribution in [1.29, 1.82) is 0 Å². The third kappa shape index (κ3) is 5.80. The first-order valence-corrected chi connectivity index (χ1v) is 10.1. The molecule has 0 aliphatic heterocycles. The largest absolute Gasteiger partial charge is 0.323 e. The van der Waals surface area contributed by atoms with Crippen LogP contribution in [0.4, 0.5) is 32.3 Å². The smallest absolute Gasteiger partial charge is 0.308 e. The van der Waals surface area contributed by atoms with Crippen molar-refractivity contribution in [1.82, 2.24) is 0 Å². The second kappa shape index (κ2) is 9.07. The molecule has 0 saturated carbocycles. The summed E-state index contributed by atoms with van der Waals surface area (Å²) < 4.78 is 33.1. The van der Waals surface area contributed by atoms with E-state index in [0.717, 1.165) is 6.07 Å². The molecule has 10 heteroatoms. The molecule has 0 aliphatic carbocycles. The number of carbonyl (C=O) groups is 2. The van der Waals surface area contributed by atoms with Gasteiger partial charge in [-0.25, -0.2) is 9.59 Å². The second-order valence-corrected chi connectivity index (χ2v) is 7.47. The zero-order valence-electron chi connectivity index (χ0n) is 15.5. The molecule has 9 nitrogen and oxygen atoms in total. The molecule has 3 aromatic carbocycles. The van der Waals surface area contributed by atoms with E-state index in [1.807, 2.05) is 0 Å². The zero-order valence-corrected chi connectivity index (χ0v) is 16.3. The SMILES string of the molecule is O=C(Nc1ccccc1)Nc1ccc(NC(=O)Nc2ccccc2)c(S(=O)(=O)O)c1. The Morgan fingerprint density at radius 1 is 0.633 bits per heavy atom. The van der Waals surface area contributed by atoms with Crippen LogP contribution in [0.15, 0.2) is 83.8 Å². The van der Waals surface area contributed by atoms with E-state index in [9.17, 15) is 22.6 Å². The van der Waals surface area contributed by atoms with E-state index in [1.54, 1.807) is 60.7 Å². The molecule has 0 atom stereocenters. The number of anilines is 4. The Labute approximate surface area is 172 Å². The lowest BCUT2D eigenvalue weighted by Crippen LogP contribution is -2.22. The maximum atomic E-state index is 12.1. The Kier molecular flexibility index (Phi) is 6.30. The van der Waals surface area contributed by atoms with Crippen LogP contribution >= 0.6 is 0 Å². The van der Waals surface area contributed by atoms with E-state index >= 15 is 0 Å². The van der Waals surface area contributed by atoms with E-state index in [-0.39, 0.29) is 11.4 Å². The summed E-state index contributed by atoms with van der Waals surface area (Å²) in [6.07, 6.45) is 0. The molecule has 0 aliphatic rings. The first kappa shape index (κ1) is 20.8. The van der Waals surface area contributed by atoms with Gasteiger partial charge in [-0.2, -0.15) is 8.42 Å². The van der Waals surface area contributed by atoms with Crippen LogP contribution in [0.25, 0.3) is 0 Å². The lowest BCUT2D eigenvalue weighted by molar-refractivity contribution is 0.261. The summed E-state index contributed by atoms with van der Waals surface area (Å²) in [5.74, 6) is 0. The number of urea groups is 2. The average molecular weight is 426 g/mol. The van der Waals surface area contributed by atoms with Gasteiger partial charge in [0, 0.05) is 17.1 Å². The maximum absolute atomic E-state index is 12.1. The molecule has 0 bridgehead atoms. The second-order valence-electron chi connectivity index (χ2n) is 6.08. The summed E-state index contributed by atoms with van der Waals surface area (Å²) in [5.41, 5.74) is 0.991. The summed E-state index contributed by atoms with van der Waals surface area (Å²) in [4.78, 5) is 23.7. The number of rotatable bonds is 5. The highest BCUT2D eigenvalue weighted by Crippen LogP contribution is 2.25. The third-order valence-electron chi connectivity index (χ3n) is 3.83. The summed E-state index contributed by atoms with van der Waals surface area (Å²) in [5, 5.41) is 9.96. The first-order valence-electron chi connectivity index (χ1n) is 8.69. The van der Waals surface area contributed by atoms with Gasteiger partial charge in [-0.1, -0.05) is 36.4 Å². The van der Waals surface area contributed by atoms with E-state index < -0.39 is 27.1 Å². The van der Waals surface area contributed by atoms with Gasteiger partial charge in [-0.3, -0.25) is 4.55 Å². The molecule has 0 radical (unpaired) electrons. The number of nitrogens with one attached hydrogen (secondary N) is 4. The van der Waals surface area contributed by atoms with Crippen molar-refractivity contribution in [3.05, 3.63) is 78.9 Å². The van der Waals surface area contributed by atoms with Crippen molar-refractivity contribution in [3.8, 4) is 0 Å². The summed E-state index contributed by atoms with van der Waals surface area (Å²) in [7, 11) is -4.68. The van der Waals surface area contributed by atoms with Gasteiger partial charge < -0.3 is 21.3 Å². The molecular weight excluding hydrogens is 408 g/mol. The normalized spacial score (nSPS) is 10.7. The highest BCUT2D eigenvalue weighted by atomic mass is 32.2. The number of hydrogen-bond acceptors (Lipinski definition) is 4. The van der Waals surface area contributed by atoms with Crippen molar-refractivity contribution >= 4 is 44.9 Å². The predicted molar refractivity (Wildman–Crippen MR) is 114 cm³/mol. The van der Waals surface area contributed by atoms with Gasteiger partial charge in [-0.05, 0) is 42.5 Å². The van der Waals surface area contributed by atoms with Crippen LogP contribution in [0.5, 0.6) is 0 Å². The van der Waals surface area contributed by atoms with Gasteiger partial charge in [0.1, 0.15) is 4.90 Å². The van der Waals surface area contributed by atoms with E-state index in [0.29, 0.717) is 11.4 Å². The van der Waals surface area contributed by atoms with E-state index in [4.69, 9.17) is 0 Å². The Hall–Kier alpha value is -3.89. The number of para-hydroxylation sites is 2. The lowest BCUT2D eigenvalue weighted by Gasteiger charge is -2.13. The van der Waals surface area contributed by atoms with Crippen LogP contribution < -0.4 is 21.3 Å². The van der Waals surface area contributed by atoms with Crippen molar-refractivity contribution in [3.63, 3.8) is 0 Å². The Balaban J connectivity index is 1.75. The minimum absolute atomic E-state index is 0.102. The highest BCUT2D eigenvalue weighted by molar-refractivity contribution is 7.86. The number of hydrogen-bond donors (Lipinski definition) is 5. The molecule has 0 fully saturated rings. The molecule has 0 unspecified atom stereocenters. The minimum Gasteiger partial charge on any atom is -0.308 e. The lowest BCUT2D eigenvalue weighted by atomic mass is 10.2. The van der Waals surface area contributed by atoms with Gasteiger partial charge in [0.05, 0.1) is 5.69 Å². The van der Waals surface area contributed by atoms with Crippen LogP contribution in [-0.2, 0) is 10.1 Å². The molecule has 0 aromatic heterocycles. The quantitative estimate of drug-likeness (QED) is 0.389. The Bertz CT molecular complexity index is 1150. The van der Waals surface area contributed by atoms with Gasteiger partial charge in [0.25, 0.3) is 10.1 Å². The molecule has 4 amide bonds. The van der Waals surface area contributed by atoms with Gasteiger partial charge in [0.15, 0.2) is 0 Å². The van der Waals surface area contributed by atoms with E-state index in [2.05, 4.69) is 21.3 Å². The topological polar surface area (TPSA) is 137 Å². The van der Waals surface area contributed by atoms with Crippen LogP contribution in [0.2, 0.25) is 0 Å². The van der Waals surface area contributed by atoms with Crippen LogP contribution in [0, 0.1) is 0 Å². The minimum atomic E-state index is -4.68. The van der Waals surface area contributed by atoms with Crippen molar-refractivity contribution in [2.75, 3.05) is 21.3 Å². The van der Waals surface area contributed by atoms with Gasteiger partial charge in [-0.15, -0.1) is 0 Å². The van der Waals surface area contributed by atoms with Crippen LogP contribution in [-0.4, -0.2) is 25.0 Å². The molecule has 0 heterocycles. The Morgan fingerprint density at radius 3 is 1.60 bits per heavy atom. The zero-order chi connectivity index (χ0) is 21.6. The number of carbonyl (C=O) groups excluding carboxylic acids is 2. The average Bonchev–Trinajstić information content (AvgIpc) is 2.70. The molecule has 30 heavy (non-hydrogen) atoms. The first-order chi connectivity index (χ1) is 14.3. The maximum Gasteiger partial charge on any atom is 0.323 e. The van der Waals surface area contributed by atoms with Gasteiger partial charge >= 0.3 is 12.1 Å². The Morgan fingerprint density at radius 2 is 1.10 bits per heavy atom. The molecule has 0 spiro atoms.